The van der Waals surface area contributed by atoms with E-state index in [9.17, 15) is 19.5 Å². The number of benzene rings is 2. The van der Waals surface area contributed by atoms with Gasteiger partial charge in [-0.2, -0.15) is 0 Å². The summed E-state index contributed by atoms with van der Waals surface area (Å²) in [6.45, 7) is 5.51. The third-order valence-corrected chi connectivity index (χ3v) is 7.32. The first kappa shape index (κ1) is 23.7. The van der Waals surface area contributed by atoms with E-state index < -0.39 is 23.7 Å². The first-order valence-electron chi connectivity index (χ1n) is 11.6. The molecule has 0 saturated carbocycles. The zero-order valence-corrected chi connectivity index (χ0v) is 20.8. The molecule has 1 N–H and O–H groups in total. The van der Waals surface area contributed by atoms with Crippen LogP contribution < -0.4 is 9.64 Å². The van der Waals surface area contributed by atoms with Gasteiger partial charge in [0.25, 0.3) is 5.78 Å². The molecule has 1 aromatic heterocycles. The number of thiazole rings is 1. The molecule has 9 heteroatoms. The molecule has 36 heavy (non-hydrogen) atoms. The molecule has 2 aliphatic heterocycles. The lowest BCUT2D eigenvalue weighted by molar-refractivity contribution is -0.132. The number of nitrogens with zero attached hydrogens (tertiary/aromatic N) is 2. The number of aromatic nitrogens is 1. The molecule has 3 heterocycles. The Morgan fingerprint density at radius 3 is 2.69 bits per heavy atom. The third kappa shape index (κ3) is 3.95. The van der Waals surface area contributed by atoms with Crippen molar-refractivity contribution < 1.29 is 29.0 Å². The van der Waals surface area contributed by atoms with Gasteiger partial charge in [-0.3, -0.25) is 14.5 Å². The normalized spacial score (nSPS) is 20.4. The number of aliphatic hydroxyl groups is 1. The number of carbonyl (C=O) groups excluding carboxylic acids is 3. The van der Waals surface area contributed by atoms with Gasteiger partial charge in [-0.05, 0) is 50.1 Å². The summed E-state index contributed by atoms with van der Waals surface area (Å²) < 4.78 is 10.9. The maximum absolute atomic E-state index is 13.4. The van der Waals surface area contributed by atoms with Gasteiger partial charge in [0.1, 0.15) is 22.5 Å². The van der Waals surface area contributed by atoms with E-state index in [4.69, 9.17) is 9.47 Å². The monoisotopic (exact) mass is 504 g/mol. The first-order valence-corrected chi connectivity index (χ1v) is 12.4. The van der Waals surface area contributed by atoms with Crippen molar-refractivity contribution >= 4 is 39.9 Å². The number of ether oxygens (including phenoxy) is 2. The Hall–Kier alpha value is -3.98. The zero-order chi connectivity index (χ0) is 25.6. The van der Waals surface area contributed by atoms with Crippen LogP contribution in [-0.2, 0) is 20.7 Å². The molecule has 0 spiro atoms. The van der Waals surface area contributed by atoms with Crippen molar-refractivity contribution in [2.24, 2.45) is 0 Å². The van der Waals surface area contributed by atoms with Gasteiger partial charge in [0.05, 0.1) is 23.9 Å². The number of hydrogen-bond acceptors (Lipinski definition) is 8. The second kappa shape index (κ2) is 9.23. The van der Waals surface area contributed by atoms with Crippen molar-refractivity contribution in [3.8, 4) is 5.75 Å². The Morgan fingerprint density at radius 1 is 1.22 bits per heavy atom. The van der Waals surface area contributed by atoms with Crippen molar-refractivity contribution in [3.05, 3.63) is 81.4 Å². The summed E-state index contributed by atoms with van der Waals surface area (Å²) in [5.74, 6) is -1.72. The minimum Gasteiger partial charge on any atom is -0.507 e. The molecule has 2 aliphatic rings. The number of esters is 1. The molecule has 1 fully saturated rings. The molecular weight excluding hydrogens is 480 g/mol. The molecule has 0 bridgehead atoms. The quantitative estimate of drug-likeness (QED) is 0.235. The molecule has 3 aromatic rings. The summed E-state index contributed by atoms with van der Waals surface area (Å²) in [5, 5.41) is 11.6. The number of hydrogen-bond donors (Lipinski definition) is 1. The molecule has 1 saturated heterocycles. The number of ketones is 1. The van der Waals surface area contributed by atoms with Crippen LogP contribution in [0.5, 0.6) is 5.75 Å². The van der Waals surface area contributed by atoms with Crippen molar-refractivity contribution in [2.75, 3.05) is 11.5 Å². The Morgan fingerprint density at radius 2 is 1.97 bits per heavy atom. The molecule has 5 rings (SSSR count). The van der Waals surface area contributed by atoms with Crippen LogP contribution in [0.1, 0.15) is 51.9 Å². The number of Topliss-reactive ketones (excluding diaryl/α,β-unsaturated/α-hetero) is 1. The number of carbonyl (C=O) groups is 3. The molecule has 0 unspecified atom stereocenters. The summed E-state index contributed by atoms with van der Waals surface area (Å²) in [4.78, 5) is 45.0. The van der Waals surface area contributed by atoms with Gasteiger partial charge in [-0.1, -0.05) is 41.7 Å². The Labute approximate surface area is 211 Å². The van der Waals surface area contributed by atoms with Gasteiger partial charge in [-0.15, -0.1) is 0 Å². The standard InChI is InChI=1S/C27H24N2O6S/c1-4-34-26(33)24-15(3)28-27(36-24)29-21(16-8-6-5-7-9-16)20(23(31)25(29)32)22(30)17-10-11-19-18(13-17)12-14(2)35-19/h5-11,13-14,21,30H,4,12H2,1-3H3/t14-,21+/m0/s1. The van der Waals surface area contributed by atoms with Gasteiger partial charge in [0.2, 0.25) is 0 Å². The average Bonchev–Trinajstić information content (AvgIpc) is 3.51. The minimum absolute atomic E-state index is 0.0223. The van der Waals surface area contributed by atoms with E-state index >= 15 is 0 Å². The van der Waals surface area contributed by atoms with Crippen LogP contribution in [0.4, 0.5) is 5.13 Å². The van der Waals surface area contributed by atoms with Crippen molar-refractivity contribution in [1.29, 1.82) is 0 Å². The van der Waals surface area contributed by atoms with Crippen LogP contribution in [0.3, 0.4) is 0 Å². The van der Waals surface area contributed by atoms with E-state index in [0.717, 1.165) is 22.6 Å². The molecule has 0 radical (unpaired) electrons. The zero-order valence-electron chi connectivity index (χ0n) is 20.0. The summed E-state index contributed by atoms with van der Waals surface area (Å²) >= 11 is 0.982. The predicted molar refractivity (Wildman–Crippen MR) is 134 cm³/mol. The molecular formula is C27H24N2O6S. The minimum atomic E-state index is -0.921. The highest BCUT2D eigenvalue weighted by molar-refractivity contribution is 7.17. The molecule has 0 aliphatic carbocycles. The number of aryl methyl sites for hydroxylation is 1. The van der Waals surface area contributed by atoms with Gasteiger partial charge in [0.15, 0.2) is 5.13 Å². The first-order chi connectivity index (χ1) is 17.3. The largest absolute Gasteiger partial charge is 0.507 e. The van der Waals surface area contributed by atoms with Crippen LogP contribution in [-0.4, -0.2) is 40.5 Å². The summed E-state index contributed by atoms with van der Waals surface area (Å²) in [7, 11) is 0. The molecule has 1 amide bonds. The van der Waals surface area contributed by atoms with Crippen LogP contribution in [0.2, 0.25) is 0 Å². The third-order valence-electron chi connectivity index (χ3n) is 6.18. The summed E-state index contributed by atoms with van der Waals surface area (Å²) in [6.07, 6.45) is 0.705. The van der Waals surface area contributed by atoms with Crippen molar-refractivity contribution in [1.82, 2.24) is 4.98 Å². The number of anilines is 1. The second-order valence-corrected chi connectivity index (χ2v) is 9.64. The lowest BCUT2D eigenvalue weighted by Gasteiger charge is -2.23. The topological polar surface area (TPSA) is 106 Å². The van der Waals surface area contributed by atoms with E-state index in [1.807, 2.05) is 13.0 Å². The highest BCUT2D eigenvalue weighted by Crippen LogP contribution is 2.44. The van der Waals surface area contributed by atoms with Crippen LogP contribution in [0.25, 0.3) is 5.76 Å². The number of fused-ring (bicyclic) bond motifs is 1. The molecule has 2 aromatic carbocycles. The summed E-state index contributed by atoms with van der Waals surface area (Å²) in [5.41, 5.74) is 2.33. The van der Waals surface area contributed by atoms with E-state index in [1.165, 1.54) is 4.90 Å². The maximum Gasteiger partial charge on any atom is 0.350 e. The lowest BCUT2D eigenvalue weighted by atomic mass is 9.94. The smallest absolute Gasteiger partial charge is 0.350 e. The maximum atomic E-state index is 13.4. The fourth-order valence-corrected chi connectivity index (χ4v) is 5.56. The number of aliphatic hydroxyl groups excluding tert-OH is 1. The van der Waals surface area contributed by atoms with Crippen LogP contribution in [0.15, 0.2) is 54.1 Å². The predicted octanol–water partition coefficient (Wildman–Crippen LogP) is 4.58. The molecule has 2 atom stereocenters. The van der Waals surface area contributed by atoms with Crippen LogP contribution in [0, 0.1) is 6.92 Å². The van der Waals surface area contributed by atoms with Gasteiger partial charge in [-0.25, -0.2) is 9.78 Å². The van der Waals surface area contributed by atoms with Crippen LogP contribution >= 0.6 is 11.3 Å². The molecule has 184 valence electrons. The number of amides is 1. The summed E-state index contributed by atoms with van der Waals surface area (Å²) in [6, 6.07) is 13.3. The second-order valence-electron chi connectivity index (χ2n) is 8.67. The van der Waals surface area contributed by atoms with E-state index in [0.29, 0.717) is 23.2 Å². The van der Waals surface area contributed by atoms with Gasteiger partial charge < -0.3 is 14.6 Å². The number of rotatable bonds is 5. The fraction of sp³-hybridized carbons (Fsp3) is 0.259. The highest BCUT2D eigenvalue weighted by atomic mass is 32.1. The highest BCUT2D eigenvalue weighted by Gasteiger charge is 2.48. The van der Waals surface area contributed by atoms with Gasteiger partial charge in [0, 0.05) is 12.0 Å². The van der Waals surface area contributed by atoms with Crippen molar-refractivity contribution in [2.45, 2.75) is 39.3 Å². The van der Waals surface area contributed by atoms with Crippen molar-refractivity contribution in [3.63, 3.8) is 0 Å². The average molecular weight is 505 g/mol. The Bertz CT molecular complexity index is 1410. The molecule has 8 nitrogen and oxygen atoms in total. The Balaban J connectivity index is 1.65. The SMILES string of the molecule is CCOC(=O)c1sc(N2C(=O)C(=O)C(=C(O)c3ccc4c(c3)C[C@H](C)O4)[C@H]2c2ccccc2)nc1C. The van der Waals surface area contributed by atoms with E-state index in [-0.39, 0.29) is 34.1 Å². The fourth-order valence-electron chi connectivity index (χ4n) is 4.58. The lowest BCUT2D eigenvalue weighted by Crippen LogP contribution is -2.29. The van der Waals surface area contributed by atoms with Gasteiger partial charge >= 0.3 is 11.9 Å². The van der Waals surface area contributed by atoms with E-state index in [2.05, 4.69) is 4.98 Å². The van der Waals surface area contributed by atoms with E-state index in [1.54, 1.807) is 56.3 Å². The Kier molecular flexibility index (Phi) is 6.09.